The minimum Gasteiger partial charge on any atom is -0.339 e. The van der Waals surface area contributed by atoms with E-state index in [0.29, 0.717) is 31.1 Å². The van der Waals surface area contributed by atoms with Crippen molar-refractivity contribution in [1.82, 2.24) is 15.5 Å². The predicted molar refractivity (Wildman–Crippen MR) is 97.6 cm³/mol. The van der Waals surface area contributed by atoms with Crippen molar-refractivity contribution < 1.29 is 9.32 Å². The normalized spacial score (nSPS) is 18.5. The van der Waals surface area contributed by atoms with Gasteiger partial charge >= 0.3 is 0 Å². The highest BCUT2D eigenvalue weighted by atomic mass is 79.9. The molecule has 0 bridgehead atoms. The number of rotatable bonds is 5. The fourth-order valence-corrected chi connectivity index (χ4v) is 3.17. The molecule has 130 valence electrons. The molecular formula is C16H20BrClN4O2. The van der Waals surface area contributed by atoms with Crippen LogP contribution in [0.5, 0.6) is 0 Å². The van der Waals surface area contributed by atoms with Crippen LogP contribution in [-0.2, 0) is 11.2 Å². The summed E-state index contributed by atoms with van der Waals surface area (Å²) in [5.74, 6) is 1.24. The average molecular weight is 416 g/mol. The molecule has 0 radical (unpaired) electrons. The van der Waals surface area contributed by atoms with Gasteiger partial charge in [-0.3, -0.25) is 4.79 Å². The Labute approximate surface area is 155 Å². The lowest BCUT2D eigenvalue weighted by Crippen LogP contribution is -2.24. The van der Waals surface area contributed by atoms with E-state index in [4.69, 9.17) is 4.52 Å². The van der Waals surface area contributed by atoms with Crippen molar-refractivity contribution in [2.24, 2.45) is 0 Å². The van der Waals surface area contributed by atoms with Crippen LogP contribution in [0.1, 0.15) is 31.0 Å². The second kappa shape index (κ2) is 8.09. The van der Waals surface area contributed by atoms with Crippen LogP contribution in [0.3, 0.4) is 0 Å². The first-order valence-corrected chi connectivity index (χ1v) is 8.42. The molecule has 1 aliphatic rings. The monoisotopic (exact) mass is 414 g/mol. The average Bonchev–Trinajstić information content (AvgIpc) is 3.14. The van der Waals surface area contributed by atoms with Crippen LogP contribution < -0.4 is 10.2 Å². The Morgan fingerprint density at radius 2 is 2.21 bits per heavy atom. The second-order valence-corrected chi connectivity index (χ2v) is 6.65. The molecule has 2 atom stereocenters. The quantitative estimate of drug-likeness (QED) is 0.813. The highest BCUT2D eigenvalue weighted by Crippen LogP contribution is 2.34. The Morgan fingerprint density at radius 1 is 1.46 bits per heavy atom. The highest BCUT2D eigenvalue weighted by molar-refractivity contribution is 9.10. The predicted octanol–water partition coefficient (Wildman–Crippen LogP) is 2.92. The Balaban J connectivity index is 0.00000208. The third-order valence-electron chi connectivity index (χ3n) is 4.08. The van der Waals surface area contributed by atoms with E-state index in [9.17, 15) is 4.79 Å². The fourth-order valence-electron chi connectivity index (χ4n) is 2.67. The molecule has 1 amide bonds. The number of para-hydroxylation sites is 1. The van der Waals surface area contributed by atoms with Crippen LogP contribution in [0, 0.1) is 0 Å². The number of anilines is 1. The molecule has 1 saturated heterocycles. The van der Waals surface area contributed by atoms with Crippen molar-refractivity contribution in [3.05, 3.63) is 40.5 Å². The Bertz CT molecular complexity index is 709. The maximum absolute atomic E-state index is 12.3. The third kappa shape index (κ3) is 3.96. The molecular weight excluding hydrogens is 396 g/mol. The molecule has 1 aliphatic heterocycles. The smallest absolute Gasteiger partial charge is 0.232 e. The molecule has 2 aromatic rings. The van der Waals surface area contributed by atoms with Gasteiger partial charge in [0.15, 0.2) is 5.82 Å². The fraction of sp³-hybridized carbons (Fsp3) is 0.438. The number of amides is 1. The Morgan fingerprint density at radius 3 is 2.92 bits per heavy atom. The number of nitrogens with zero attached hydrogens (tertiary/aromatic N) is 3. The minimum absolute atomic E-state index is 0. The molecule has 0 aliphatic carbocycles. The SMILES string of the molecule is CNC(C)Cc1noc(C2CC(=O)N(c3ccccc3Br)C2)n1.Cl. The Hall–Kier alpha value is -1.44. The van der Waals surface area contributed by atoms with Crippen molar-refractivity contribution in [1.29, 1.82) is 0 Å². The van der Waals surface area contributed by atoms with Gasteiger partial charge in [0.2, 0.25) is 11.8 Å². The summed E-state index contributed by atoms with van der Waals surface area (Å²) in [6.07, 6.45) is 1.10. The molecule has 24 heavy (non-hydrogen) atoms. The van der Waals surface area contributed by atoms with Crippen LogP contribution in [0.2, 0.25) is 0 Å². The number of hydrogen-bond acceptors (Lipinski definition) is 5. The lowest BCUT2D eigenvalue weighted by atomic mass is 10.1. The minimum atomic E-state index is -0.0549. The summed E-state index contributed by atoms with van der Waals surface area (Å²) in [5.41, 5.74) is 0.878. The summed E-state index contributed by atoms with van der Waals surface area (Å²) in [6, 6.07) is 7.99. The maximum atomic E-state index is 12.3. The van der Waals surface area contributed by atoms with Gasteiger partial charge in [-0.25, -0.2) is 0 Å². The van der Waals surface area contributed by atoms with E-state index >= 15 is 0 Å². The lowest BCUT2D eigenvalue weighted by molar-refractivity contribution is -0.117. The van der Waals surface area contributed by atoms with E-state index in [0.717, 1.165) is 10.2 Å². The summed E-state index contributed by atoms with van der Waals surface area (Å²) in [5, 5.41) is 7.17. The first kappa shape index (κ1) is 18.9. The summed E-state index contributed by atoms with van der Waals surface area (Å²) >= 11 is 3.50. The number of carbonyl (C=O) groups is 1. The van der Waals surface area contributed by atoms with Crippen molar-refractivity contribution in [2.75, 3.05) is 18.5 Å². The molecule has 1 N–H and O–H groups in total. The molecule has 2 unspecified atom stereocenters. The number of aromatic nitrogens is 2. The first-order chi connectivity index (χ1) is 11.1. The molecule has 1 fully saturated rings. The zero-order valence-electron chi connectivity index (χ0n) is 13.5. The van der Waals surface area contributed by atoms with Crippen molar-refractivity contribution in [3.63, 3.8) is 0 Å². The standard InChI is InChI=1S/C16H19BrN4O2.ClH/c1-10(18-2)7-14-19-16(23-20-14)11-8-15(22)21(9-11)13-6-4-3-5-12(13)17;/h3-6,10-11,18H,7-9H2,1-2H3;1H. The van der Waals surface area contributed by atoms with Crippen LogP contribution in [-0.4, -0.2) is 35.7 Å². The van der Waals surface area contributed by atoms with Gasteiger partial charge in [0, 0.05) is 29.9 Å². The van der Waals surface area contributed by atoms with E-state index in [1.54, 1.807) is 4.90 Å². The summed E-state index contributed by atoms with van der Waals surface area (Å²) < 4.78 is 6.28. The Kier molecular flexibility index (Phi) is 6.37. The van der Waals surface area contributed by atoms with Gasteiger partial charge < -0.3 is 14.7 Å². The van der Waals surface area contributed by atoms with E-state index in [1.807, 2.05) is 31.3 Å². The molecule has 1 aromatic carbocycles. The van der Waals surface area contributed by atoms with Crippen molar-refractivity contribution >= 4 is 39.9 Å². The number of benzene rings is 1. The van der Waals surface area contributed by atoms with Crippen molar-refractivity contribution in [3.8, 4) is 0 Å². The van der Waals surface area contributed by atoms with Gasteiger partial charge in [-0.05, 0) is 42.0 Å². The molecule has 0 saturated carbocycles. The van der Waals surface area contributed by atoms with Gasteiger partial charge in [0.1, 0.15) is 0 Å². The third-order valence-corrected chi connectivity index (χ3v) is 4.75. The zero-order valence-corrected chi connectivity index (χ0v) is 15.9. The van der Waals surface area contributed by atoms with Gasteiger partial charge in [-0.1, -0.05) is 17.3 Å². The maximum Gasteiger partial charge on any atom is 0.232 e. The second-order valence-electron chi connectivity index (χ2n) is 5.80. The van der Waals surface area contributed by atoms with Crippen LogP contribution in [0.4, 0.5) is 5.69 Å². The first-order valence-electron chi connectivity index (χ1n) is 7.63. The molecule has 8 heteroatoms. The van der Waals surface area contributed by atoms with E-state index in [2.05, 4.69) is 38.3 Å². The zero-order chi connectivity index (χ0) is 16.4. The number of halogens is 2. The van der Waals surface area contributed by atoms with E-state index in [-0.39, 0.29) is 30.3 Å². The van der Waals surface area contributed by atoms with E-state index < -0.39 is 0 Å². The van der Waals surface area contributed by atoms with Gasteiger partial charge in [0.25, 0.3) is 0 Å². The summed E-state index contributed by atoms with van der Waals surface area (Å²) in [7, 11) is 1.90. The van der Waals surface area contributed by atoms with Crippen LogP contribution in [0.25, 0.3) is 0 Å². The number of hydrogen-bond donors (Lipinski definition) is 1. The van der Waals surface area contributed by atoms with Crippen LogP contribution in [0.15, 0.2) is 33.3 Å². The molecule has 1 aromatic heterocycles. The molecule has 3 rings (SSSR count). The molecule has 2 heterocycles. The number of nitrogens with one attached hydrogen (secondary N) is 1. The number of carbonyl (C=O) groups excluding carboxylic acids is 1. The number of likely N-dealkylation sites (N-methyl/N-ethyl adjacent to an activating group) is 1. The molecule has 0 spiro atoms. The molecule has 6 nitrogen and oxygen atoms in total. The van der Waals surface area contributed by atoms with Gasteiger partial charge in [-0.15, -0.1) is 12.4 Å². The topological polar surface area (TPSA) is 71.3 Å². The van der Waals surface area contributed by atoms with E-state index in [1.165, 1.54) is 0 Å². The van der Waals surface area contributed by atoms with Gasteiger partial charge in [-0.2, -0.15) is 4.98 Å². The largest absolute Gasteiger partial charge is 0.339 e. The van der Waals surface area contributed by atoms with Crippen LogP contribution >= 0.6 is 28.3 Å². The summed E-state index contributed by atoms with van der Waals surface area (Å²) in [4.78, 5) is 18.6. The van der Waals surface area contributed by atoms with Gasteiger partial charge in [0.05, 0.1) is 11.6 Å². The summed E-state index contributed by atoms with van der Waals surface area (Å²) in [6.45, 7) is 2.62. The van der Waals surface area contributed by atoms with Crippen molar-refractivity contribution in [2.45, 2.75) is 31.7 Å². The lowest BCUT2D eigenvalue weighted by Gasteiger charge is -2.17. The highest BCUT2D eigenvalue weighted by Gasteiger charge is 2.35.